The number of hydrogen-bond acceptors (Lipinski definition) is 3. The van der Waals surface area contributed by atoms with Gasteiger partial charge in [0.2, 0.25) is 0 Å². The summed E-state index contributed by atoms with van der Waals surface area (Å²) in [4.78, 5) is 23.3. The smallest absolute Gasteiger partial charge is 0.319 e. The van der Waals surface area contributed by atoms with Crippen LogP contribution in [-0.4, -0.2) is 23.6 Å². The van der Waals surface area contributed by atoms with Crippen molar-refractivity contribution in [1.29, 1.82) is 0 Å². The van der Waals surface area contributed by atoms with Crippen LogP contribution in [0.4, 0.5) is 21.0 Å². The lowest BCUT2D eigenvalue weighted by Gasteiger charge is -2.07. The van der Waals surface area contributed by atoms with Crippen LogP contribution in [0.3, 0.4) is 0 Å². The van der Waals surface area contributed by atoms with Crippen molar-refractivity contribution in [3.63, 3.8) is 0 Å². The maximum atomic E-state index is 11.7. The van der Waals surface area contributed by atoms with E-state index in [0.717, 1.165) is 23.1 Å². The Morgan fingerprint density at radius 3 is 1.95 bits per heavy atom. The fourth-order valence-corrected chi connectivity index (χ4v) is 2.26. The largest absolute Gasteiger partial charge is 0.337 e. The van der Waals surface area contributed by atoms with Crippen molar-refractivity contribution in [3.8, 4) is 0 Å². The number of para-hydroxylation sites is 2. The first kappa shape index (κ1) is 15.9. The number of nitrogens with one attached hydrogen (secondary N) is 3. The molecule has 0 saturated carbocycles. The zero-order valence-corrected chi connectivity index (χ0v) is 12.7. The SMILES string of the molecule is O=C(NCCSC(=O)Nc1ccccc1)Nc1ccccc1. The number of carbonyl (C=O) groups is 2. The highest BCUT2D eigenvalue weighted by Crippen LogP contribution is 2.10. The molecule has 22 heavy (non-hydrogen) atoms. The fourth-order valence-electron chi connectivity index (χ4n) is 1.68. The van der Waals surface area contributed by atoms with Crippen LogP contribution in [0.2, 0.25) is 0 Å². The molecule has 3 amide bonds. The average molecular weight is 315 g/mol. The van der Waals surface area contributed by atoms with Crippen LogP contribution in [-0.2, 0) is 0 Å². The van der Waals surface area contributed by atoms with Gasteiger partial charge in [0.05, 0.1) is 0 Å². The molecule has 2 aromatic rings. The summed E-state index contributed by atoms with van der Waals surface area (Å²) in [6.45, 7) is 0.408. The molecule has 5 nitrogen and oxygen atoms in total. The number of anilines is 2. The van der Waals surface area contributed by atoms with Crippen LogP contribution in [0.25, 0.3) is 0 Å². The number of rotatable bonds is 5. The molecule has 0 aliphatic carbocycles. The molecule has 0 aliphatic heterocycles. The van der Waals surface area contributed by atoms with E-state index in [1.54, 1.807) is 0 Å². The Balaban J connectivity index is 1.60. The Hall–Kier alpha value is -2.47. The predicted molar refractivity (Wildman–Crippen MR) is 91.4 cm³/mol. The van der Waals surface area contributed by atoms with Gasteiger partial charge in [-0.15, -0.1) is 0 Å². The number of hydrogen-bond donors (Lipinski definition) is 3. The molecule has 3 N–H and O–H groups in total. The van der Waals surface area contributed by atoms with Crippen LogP contribution >= 0.6 is 11.8 Å². The molecular formula is C16H17N3O2S. The summed E-state index contributed by atoms with van der Waals surface area (Å²) in [7, 11) is 0. The van der Waals surface area contributed by atoms with Gasteiger partial charge in [0.25, 0.3) is 5.24 Å². The Labute approximate surface area is 133 Å². The molecule has 0 fully saturated rings. The molecule has 0 unspecified atom stereocenters. The number of amides is 3. The van der Waals surface area contributed by atoms with Gasteiger partial charge in [-0.3, -0.25) is 4.79 Å². The molecule has 0 heterocycles. The van der Waals surface area contributed by atoms with Gasteiger partial charge in [-0.2, -0.15) is 0 Å². The van der Waals surface area contributed by atoms with Gasteiger partial charge in [-0.05, 0) is 24.3 Å². The van der Waals surface area contributed by atoms with E-state index in [0.29, 0.717) is 12.3 Å². The molecule has 0 aromatic heterocycles. The highest BCUT2D eigenvalue weighted by atomic mass is 32.2. The molecule has 0 spiro atoms. The highest BCUT2D eigenvalue weighted by molar-refractivity contribution is 8.13. The summed E-state index contributed by atoms with van der Waals surface area (Å²) in [5.41, 5.74) is 1.49. The van der Waals surface area contributed by atoms with E-state index >= 15 is 0 Å². The van der Waals surface area contributed by atoms with E-state index in [4.69, 9.17) is 0 Å². The second kappa shape index (κ2) is 8.74. The maximum Gasteiger partial charge on any atom is 0.319 e. The summed E-state index contributed by atoms with van der Waals surface area (Å²) in [6, 6.07) is 18.2. The number of urea groups is 1. The summed E-state index contributed by atoms with van der Waals surface area (Å²) in [6.07, 6.45) is 0. The van der Waals surface area contributed by atoms with Crippen molar-refractivity contribution in [2.24, 2.45) is 0 Å². The lowest BCUT2D eigenvalue weighted by Crippen LogP contribution is -2.30. The van der Waals surface area contributed by atoms with Crippen molar-refractivity contribution in [1.82, 2.24) is 5.32 Å². The molecule has 0 aliphatic rings. The Kier molecular flexibility index (Phi) is 6.32. The second-order valence-electron chi connectivity index (χ2n) is 4.37. The van der Waals surface area contributed by atoms with Crippen molar-refractivity contribution < 1.29 is 9.59 Å². The van der Waals surface area contributed by atoms with Crippen LogP contribution in [0.5, 0.6) is 0 Å². The highest BCUT2D eigenvalue weighted by Gasteiger charge is 2.04. The molecule has 0 atom stereocenters. The van der Waals surface area contributed by atoms with Gasteiger partial charge in [0, 0.05) is 23.7 Å². The lowest BCUT2D eigenvalue weighted by atomic mass is 10.3. The Morgan fingerprint density at radius 2 is 1.36 bits per heavy atom. The summed E-state index contributed by atoms with van der Waals surface area (Å²) in [5, 5.41) is 8.03. The quantitative estimate of drug-likeness (QED) is 0.736. The van der Waals surface area contributed by atoms with Crippen LogP contribution in [0.15, 0.2) is 60.7 Å². The van der Waals surface area contributed by atoms with Crippen molar-refractivity contribution in [3.05, 3.63) is 60.7 Å². The van der Waals surface area contributed by atoms with E-state index in [1.807, 2.05) is 60.7 Å². The second-order valence-corrected chi connectivity index (χ2v) is 5.44. The van der Waals surface area contributed by atoms with Crippen LogP contribution in [0.1, 0.15) is 0 Å². The first-order chi connectivity index (χ1) is 10.7. The Bertz CT molecular complexity index is 550. The third-order valence-corrected chi connectivity index (χ3v) is 3.45. The van der Waals surface area contributed by atoms with E-state index in [2.05, 4.69) is 16.0 Å². The molecule has 6 heteroatoms. The third-order valence-electron chi connectivity index (χ3n) is 2.67. The van der Waals surface area contributed by atoms with E-state index < -0.39 is 0 Å². The van der Waals surface area contributed by atoms with Gasteiger partial charge in [0.15, 0.2) is 0 Å². The van der Waals surface area contributed by atoms with E-state index in [9.17, 15) is 9.59 Å². The van der Waals surface area contributed by atoms with Gasteiger partial charge >= 0.3 is 6.03 Å². The maximum absolute atomic E-state index is 11.7. The number of thioether (sulfide) groups is 1. The molecular weight excluding hydrogens is 298 g/mol. The molecule has 114 valence electrons. The third kappa shape index (κ3) is 5.88. The minimum atomic E-state index is -0.282. The average Bonchev–Trinajstić information content (AvgIpc) is 2.53. The minimum absolute atomic E-state index is 0.142. The van der Waals surface area contributed by atoms with Gasteiger partial charge in [-0.25, -0.2) is 4.79 Å². The standard InChI is InChI=1S/C16H17N3O2S/c20-15(18-13-7-3-1-4-8-13)17-11-12-22-16(21)19-14-9-5-2-6-10-14/h1-10H,11-12H2,(H,19,21)(H2,17,18,20). The van der Waals surface area contributed by atoms with Gasteiger partial charge < -0.3 is 16.0 Å². The number of carbonyl (C=O) groups excluding carboxylic acids is 2. The minimum Gasteiger partial charge on any atom is -0.337 e. The zero-order chi connectivity index (χ0) is 15.6. The zero-order valence-electron chi connectivity index (χ0n) is 11.9. The van der Waals surface area contributed by atoms with Crippen LogP contribution < -0.4 is 16.0 Å². The summed E-state index contributed by atoms with van der Waals surface area (Å²) in [5.74, 6) is 0.501. The lowest BCUT2D eigenvalue weighted by molar-refractivity contribution is 0.252. The summed E-state index contributed by atoms with van der Waals surface area (Å²) >= 11 is 1.13. The molecule has 0 bridgehead atoms. The molecule has 0 saturated heterocycles. The first-order valence-corrected chi connectivity index (χ1v) is 7.81. The molecule has 2 rings (SSSR count). The van der Waals surface area contributed by atoms with E-state index in [1.165, 1.54) is 0 Å². The topological polar surface area (TPSA) is 70.2 Å². The Morgan fingerprint density at radius 1 is 0.818 bits per heavy atom. The van der Waals surface area contributed by atoms with Gasteiger partial charge in [-0.1, -0.05) is 48.2 Å². The first-order valence-electron chi connectivity index (χ1n) is 6.83. The fraction of sp³-hybridized carbons (Fsp3) is 0.125. The van der Waals surface area contributed by atoms with Crippen molar-refractivity contribution >= 4 is 34.4 Å². The predicted octanol–water partition coefficient (Wildman–Crippen LogP) is 3.77. The van der Waals surface area contributed by atoms with Crippen LogP contribution in [0, 0.1) is 0 Å². The normalized spacial score (nSPS) is 9.82. The number of benzene rings is 2. The summed E-state index contributed by atoms with van der Waals surface area (Å²) < 4.78 is 0. The van der Waals surface area contributed by atoms with Crippen molar-refractivity contribution in [2.45, 2.75) is 0 Å². The monoisotopic (exact) mass is 315 g/mol. The molecule has 0 radical (unpaired) electrons. The van der Waals surface area contributed by atoms with E-state index in [-0.39, 0.29) is 11.3 Å². The molecule has 2 aromatic carbocycles. The van der Waals surface area contributed by atoms with Crippen molar-refractivity contribution in [2.75, 3.05) is 22.9 Å². The van der Waals surface area contributed by atoms with Gasteiger partial charge in [0.1, 0.15) is 0 Å².